The molecule has 0 N–H and O–H groups in total. The van der Waals surface area contributed by atoms with Crippen molar-refractivity contribution in [2.75, 3.05) is 7.11 Å². The second-order valence-electron chi connectivity index (χ2n) is 4.35. The summed E-state index contributed by atoms with van der Waals surface area (Å²) in [6, 6.07) is 6.56. The highest BCUT2D eigenvalue weighted by Gasteiger charge is 2.22. The summed E-state index contributed by atoms with van der Waals surface area (Å²) in [5, 5.41) is 7.92. The van der Waals surface area contributed by atoms with Crippen molar-refractivity contribution in [3.8, 4) is 5.75 Å². The Kier molecular flexibility index (Phi) is 4.08. The highest BCUT2D eigenvalue weighted by atomic mass is 32.2. The van der Waals surface area contributed by atoms with E-state index < -0.39 is 9.84 Å². The third-order valence-corrected chi connectivity index (χ3v) is 4.74. The van der Waals surface area contributed by atoms with Crippen LogP contribution in [0.25, 0.3) is 0 Å². The predicted octanol–water partition coefficient (Wildman–Crippen LogP) is 1.36. The first kappa shape index (κ1) is 14.5. The molecule has 0 amide bonds. The molecule has 0 unspecified atom stereocenters. The van der Waals surface area contributed by atoms with Crippen molar-refractivity contribution in [3.05, 3.63) is 35.9 Å². The molecule has 7 heteroatoms. The molecule has 1 aromatic heterocycles. The summed E-state index contributed by atoms with van der Waals surface area (Å²) in [5.41, 5.74) is 0. The predicted molar refractivity (Wildman–Crippen MR) is 74.3 cm³/mol. The van der Waals surface area contributed by atoms with Crippen LogP contribution in [0.5, 0.6) is 5.75 Å². The Labute approximate surface area is 118 Å². The summed E-state index contributed by atoms with van der Waals surface area (Å²) in [6.07, 6.45) is 0.707. The van der Waals surface area contributed by atoms with Gasteiger partial charge in [-0.15, -0.1) is 10.2 Å². The van der Waals surface area contributed by atoms with Crippen molar-refractivity contribution >= 4 is 9.84 Å². The van der Waals surface area contributed by atoms with E-state index in [2.05, 4.69) is 10.2 Å². The number of aromatic nitrogens is 3. The molecule has 2 aromatic rings. The minimum Gasteiger partial charge on any atom is -0.495 e. The monoisotopic (exact) mass is 295 g/mol. The highest BCUT2D eigenvalue weighted by molar-refractivity contribution is 7.90. The normalized spacial score (nSPS) is 11.6. The third kappa shape index (κ3) is 2.67. The zero-order valence-electron chi connectivity index (χ0n) is 11.7. The summed E-state index contributed by atoms with van der Waals surface area (Å²) < 4.78 is 31.8. The third-order valence-electron chi connectivity index (χ3n) is 3.09. The molecule has 0 atom stereocenters. The lowest BCUT2D eigenvalue weighted by molar-refractivity contribution is 0.402. The number of nitrogens with zero attached hydrogens (tertiary/aromatic N) is 3. The first-order valence-electron chi connectivity index (χ1n) is 6.22. The molecule has 0 radical (unpaired) electrons. The molecular weight excluding hydrogens is 278 g/mol. The summed E-state index contributed by atoms with van der Waals surface area (Å²) in [7, 11) is -0.302. The van der Waals surface area contributed by atoms with Crippen LogP contribution in [-0.4, -0.2) is 30.3 Å². The van der Waals surface area contributed by atoms with Crippen LogP contribution in [0.3, 0.4) is 0 Å². The first-order chi connectivity index (χ1) is 9.49. The van der Waals surface area contributed by atoms with E-state index in [1.54, 1.807) is 29.8 Å². The molecular formula is C13H17N3O3S. The molecule has 0 aliphatic heterocycles. The van der Waals surface area contributed by atoms with Gasteiger partial charge in [0.1, 0.15) is 28.0 Å². The van der Waals surface area contributed by atoms with Crippen molar-refractivity contribution in [1.29, 1.82) is 0 Å². The fourth-order valence-corrected chi connectivity index (χ4v) is 3.45. The summed E-state index contributed by atoms with van der Waals surface area (Å²) >= 11 is 0. The van der Waals surface area contributed by atoms with Gasteiger partial charge in [0.2, 0.25) is 0 Å². The van der Waals surface area contributed by atoms with Crippen LogP contribution in [0.2, 0.25) is 0 Å². The first-order valence-corrected chi connectivity index (χ1v) is 7.87. The summed E-state index contributed by atoms with van der Waals surface area (Å²) in [4.78, 5) is 0.170. The van der Waals surface area contributed by atoms with E-state index in [1.165, 1.54) is 13.2 Å². The van der Waals surface area contributed by atoms with Gasteiger partial charge in [-0.2, -0.15) is 0 Å². The van der Waals surface area contributed by atoms with Crippen molar-refractivity contribution in [2.24, 2.45) is 7.05 Å². The molecule has 0 saturated carbocycles. The second-order valence-corrected chi connectivity index (χ2v) is 6.31. The van der Waals surface area contributed by atoms with Crippen molar-refractivity contribution in [1.82, 2.24) is 14.8 Å². The van der Waals surface area contributed by atoms with Gasteiger partial charge < -0.3 is 9.30 Å². The van der Waals surface area contributed by atoms with Gasteiger partial charge in [0.25, 0.3) is 0 Å². The minimum absolute atomic E-state index is 0.170. The van der Waals surface area contributed by atoms with Crippen LogP contribution in [0, 0.1) is 0 Å². The zero-order chi connectivity index (χ0) is 14.8. The number of benzene rings is 1. The molecule has 20 heavy (non-hydrogen) atoms. The maximum atomic E-state index is 12.5. The molecule has 0 bridgehead atoms. The van der Waals surface area contributed by atoms with E-state index in [0.29, 0.717) is 18.0 Å². The van der Waals surface area contributed by atoms with Gasteiger partial charge in [-0.25, -0.2) is 8.42 Å². The lowest BCUT2D eigenvalue weighted by Gasteiger charge is -2.09. The van der Waals surface area contributed by atoms with Gasteiger partial charge in [-0.05, 0) is 12.1 Å². The molecule has 2 rings (SSSR count). The van der Waals surface area contributed by atoms with Crippen LogP contribution in [0.1, 0.15) is 18.6 Å². The van der Waals surface area contributed by atoms with Crippen LogP contribution < -0.4 is 4.74 Å². The molecule has 0 aliphatic rings. The Morgan fingerprint density at radius 1 is 1.20 bits per heavy atom. The summed E-state index contributed by atoms with van der Waals surface area (Å²) in [6.45, 7) is 1.95. The smallest absolute Gasteiger partial charge is 0.189 e. The molecule has 108 valence electrons. The molecule has 1 heterocycles. The van der Waals surface area contributed by atoms with Gasteiger partial charge in [0.15, 0.2) is 9.84 Å². The zero-order valence-corrected chi connectivity index (χ0v) is 12.5. The standard InChI is InChI=1S/C13H17N3O3S/c1-4-12-14-15-13(16(12)2)9-20(17,18)11-8-6-5-7-10(11)19-3/h5-8H,4,9H2,1-3H3. The van der Waals surface area contributed by atoms with Crippen molar-refractivity contribution in [2.45, 2.75) is 24.0 Å². The fourth-order valence-electron chi connectivity index (χ4n) is 1.96. The van der Waals surface area contributed by atoms with E-state index in [9.17, 15) is 8.42 Å². The fraction of sp³-hybridized carbons (Fsp3) is 0.385. The number of aryl methyl sites for hydroxylation is 1. The van der Waals surface area contributed by atoms with Gasteiger partial charge in [-0.1, -0.05) is 19.1 Å². The SMILES string of the molecule is CCc1nnc(CS(=O)(=O)c2ccccc2OC)n1C. The Morgan fingerprint density at radius 2 is 1.85 bits per heavy atom. The minimum atomic E-state index is -3.52. The van der Waals surface area contributed by atoms with E-state index in [1.807, 2.05) is 6.92 Å². The molecule has 6 nitrogen and oxygen atoms in total. The highest BCUT2D eigenvalue weighted by Crippen LogP contribution is 2.25. The lowest BCUT2D eigenvalue weighted by Crippen LogP contribution is -2.11. The molecule has 0 fully saturated rings. The second kappa shape index (κ2) is 5.62. The number of hydrogen-bond acceptors (Lipinski definition) is 5. The van der Waals surface area contributed by atoms with Crippen molar-refractivity contribution < 1.29 is 13.2 Å². The Bertz CT molecular complexity index is 707. The average molecular weight is 295 g/mol. The van der Waals surface area contributed by atoms with E-state index in [4.69, 9.17) is 4.74 Å². The van der Waals surface area contributed by atoms with Crippen LogP contribution in [0.15, 0.2) is 29.2 Å². The number of ether oxygens (including phenoxy) is 1. The molecule has 0 saturated heterocycles. The Balaban J connectivity index is 2.38. The van der Waals surface area contributed by atoms with E-state index >= 15 is 0 Å². The van der Waals surface area contributed by atoms with Crippen LogP contribution in [0.4, 0.5) is 0 Å². The average Bonchev–Trinajstić information content (AvgIpc) is 2.79. The maximum absolute atomic E-state index is 12.5. The van der Waals surface area contributed by atoms with E-state index in [-0.39, 0.29) is 10.6 Å². The number of hydrogen-bond donors (Lipinski definition) is 0. The van der Waals surface area contributed by atoms with Crippen LogP contribution >= 0.6 is 0 Å². The van der Waals surface area contributed by atoms with Crippen molar-refractivity contribution in [3.63, 3.8) is 0 Å². The van der Waals surface area contributed by atoms with Gasteiger partial charge in [0.05, 0.1) is 7.11 Å². The van der Waals surface area contributed by atoms with Gasteiger partial charge in [-0.3, -0.25) is 0 Å². The number of methoxy groups -OCH3 is 1. The largest absolute Gasteiger partial charge is 0.495 e. The Morgan fingerprint density at radius 3 is 2.45 bits per heavy atom. The Hall–Kier alpha value is -1.89. The molecule has 0 aliphatic carbocycles. The van der Waals surface area contributed by atoms with E-state index in [0.717, 1.165) is 5.82 Å². The number of rotatable bonds is 5. The number of sulfone groups is 1. The maximum Gasteiger partial charge on any atom is 0.189 e. The summed E-state index contributed by atoms with van der Waals surface area (Å²) in [5.74, 6) is 1.32. The lowest BCUT2D eigenvalue weighted by atomic mass is 10.3. The van der Waals surface area contributed by atoms with Gasteiger partial charge in [0, 0.05) is 13.5 Å². The molecule has 0 spiro atoms. The quantitative estimate of drug-likeness (QED) is 0.832. The van der Waals surface area contributed by atoms with Crippen LogP contribution in [-0.2, 0) is 29.1 Å². The topological polar surface area (TPSA) is 74.1 Å². The molecule has 1 aromatic carbocycles. The van der Waals surface area contributed by atoms with Gasteiger partial charge >= 0.3 is 0 Å². The number of para-hydroxylation sites is 1.